The number of amides is 1. The Hall–Kier alpha value is -1.49. The van der Waals surface area contributed by atoms with E-state index < -0.39 is 11.6 Å². The first kappa shape index (κ1) is 13.9. The molecule has 1 aromatic rings. The maximum atomic E-state index is 13.0. The molecule has 5 heteroatoms. The van der Waals surface area contributed by atoms with Gasteiger partial charge in [0.05, 0.1) is 0 Å². The van der Waals surface area contributed by atoms with Gasteiger partial charge in [0, 0.05) is 18.2 Å². The highest BCUT2D eigenvalue weighted by molar-refractivity contribution is 5.90. The van der Waals surface area contributed by atoms with Crippen LogP contribution in [-0.2, 0) is 4.79 Å². The van der Waals surface area contributed by atoms with Crippen LogP contribution in [0.4, 0.5) is 14.5 Å². The predicted octanol–water partition coefficient (Wildman–Crippen LogP) is 2.68. The topological polar surface area (TPSA) is 41.1 Å². The zero-order chi connectivity index (χ0) is 13.7. The summed E-state index contributed by atoms with van der Waals surface area (Å²) in [6.07, 6.45) is 3.46. The van der Waals surface area contributed by atoms with Crippen LogP contribution < -0.4 is 10.6 Å². The zero-order valence-corrected chi connectivity index (χ0v) is 10.7. The quantitative estimate of drug-likeness (QED) is 0.881. The summed E-state index contributed by atoms with van der Waals surface area (Å²) in [6, 6.07) is 3.01. The highest BCUT2D eigenvalue weighted by Crippen LogP contribution is 2.17. The van der Waals surface area contributed by atoms with Gasteiger partial charge in [0.2, 0.25) is 5.91 Å². The van der Waals surface area contributed by atoms with Crippen molar-refractivity contribution in [3.05, 3.63) is 29.8 Å². The number of benzene rings is 1. The first-order valence-corrected chi connectivity index (χ1v) is 6.60. The average molecular weight is 268 g/mol. The number of hydrogen-bond acceptors (Lipinski definition) is 2. The molecule has 1 unspecified atom stereocenters. The molecule has 0 saturated carbocycles. The van der Waals surface area contributed by atoms with Crippen LogP contribution >= 0.6 is 0 Å². The van der Waals surface area contributed by atoms with Crippen molar-refractivity contribution in [3.8, 4) is 0 Å². The molecule has 2 rings (SSSR count). The van der Waals surface area contributed by atoms with Gasteiger partial charge in [-0.15, -0.1) is 0 Å². The summed E-state index contributed by atoms with van der Waals surface area (Å²) in [5.41, 5.74) is 0.171. The molecular formula is C14H18F2N2O. The second-order valence-electron chi connectivity index (χ2n) is 4.96. The molecule has 1 heterocycles. The van der Waals surface area contributed by atoms with Crippen molar-refractivity contribution in [3.63, 3.8) is 0 Å². The molecule has 104 valence electrons. The molecule has 2 N–H and O–H groups in total. The van der Waals surface area contributed by atoms with Crippen LogP contribution in [0.3, 0.4) is 0 Å². The van der Waals surface area contributed by atoms with E-state index in [2.05, 4.69) is 10.6 Å². The molecule has 1 aliphatic heterocycles. The van der Waals surface area contributed by atoms with Crippen molar-refractivity contribution in [2.24, 2.45) is 5.92 Å². The van der Waals surface area contributed by atoms with Crippen molar-refractivity contribution >= 4 is 11.6 Å². The third-order valence-electron chi connectivity index (χ3n) is 3.32. The first-order valence-electron chi connectivity index (χ1n) is 6.60. The van der Waals surface area contributed by atoms with Crippen LogP contribution in [0.15, 0.2) is 18.2 Å². The van der Waals surface area contributed by atoms with Gasteiger partial charge >= 0.3 is 0 Å². The van der Waals surface area contributed by atoms with E-state index in [9.17, 15) is 13.6 Å². The third-order valence-corrected chi connectivity index (χ3v) is 3.32. The summed E-state index contributed by atoms with van der Waals surface area (Å²) in [6.45, 7) is 1.99. The highest BCUT2D eigenvalue weighted by atomic mass is 19.1. The lowest BCUT2D eigenvalue weighted by molar-refractivity contribution is -0.116. The summed E-state index contributed by atoms with van der Waals surface area (Å²) in [4.78, 5) is 11.7. The number of anilines is 1. The van der Waals surface area contributed by atoms with E-state index in [0.29, 0.717) is 12.3 Å². The Morgan fingerprint density at radius 2 is 2.05 bits per heavy atom. The molecule has 1 aromatic carbocycles. The van der Waals surface area contributed by atoms with Crippen molar-refractivity contribution in [1.82, 2.24) is 5.32 Å². The van der Waals surface area contributed by atoms with E-state index in [0.717, 1.165) is 50.6 Å². The summed E-state index contributed by atoms with van der Waals surface area (Å²) in [5.74, 6) is -1.06. The Bertz CT molecular complexity index is 425. The van der Waals surface area contributed by atoms with Crippen LogP contribution in [0.5, 0.6) is 0 Å². The van der Waals surface area contributed by atoms with E-state index in [1.54, 1.807) is 0 Å². The minimum atomic E-state index is -0.688. The summed E-state index contributed by atoms with van der Waals surface area (Å²) >= 11 is 0. The summed E-state index contributed by atoms with van der Waals surface area (Å²) in [7, 11) is 0. The van der Waals surface area contributed by atoms with Crippen molar-refractivity contribution in [2.45, 2.75) is 25.7 Å². The number of carbonyl (C=O) groups is 1. The lowest BCUT2D eigenvalue weighted by Gasteiger charge is -2.22. The second kappa shape index (κ2) is 6.61. The number of piperidine rings is 1. The standard InChI is InChI=1S/C14H18F2N2O/c15-11-6-12(16)8-13(7-11)18-14(19)4-3-10-2-1-5-17-9-10/h6-8,10,17H,1-5,9H2,(H,18,19). The van der Waals surface area contributed by atoms with E-state index in [4.69, 9.17) is 0 Å². The molecular weight excluding hydrogens is 250 g/mol. The minimum absolute atomic E-state index is 0.171. The predicted molar refractivity (Wildman–Crippen MR) is 69.8 cm³/mol. The van der Waals surface area contributed by atoms with E-state index in [1.165, 1.54) is 0 Å². The molecule has 0 radical (unpaired) electrons. The fraction of sp³-hybridized carbons (Fsp3) is 0.500. The number of halogens is 2. The van der Waals surface area contributed by atoms with E-state index >= 15 is 0 Å². The molecule has 1 amide bonds. The minimum Gasteiger partial charge on any atom is -0.326 e. The van der Waals surface area contributed by atoms with Crippen LogP contribution in [0.25, 0.3) is 0 Å². The van der Waals surface area contributed by atoms with Crippen molar-refractivity contribution < 1.29 is 13.6 Å². The molecule has 0 aromatic heterocycles. The second-order valence-corrected chi connectivity index (χ2v) is 4.96. The average Bonchev–Trinajstić information content (AvgIpc) is 2.36. The van der Waals surface area contributed by atoms with Gasteiger partial charge in [0.15, 0.2) is 0 Å². The van der Waals surface area contributed by atoms with Gasteiger partial charge in [-0.1, -0.05) is 0 Å². The van der Waals surface area contributed by atoms with Crippen LogP contribution in [-0.4, -0.2) is 19.0 Å². The SMILES string of the molecule is O=C(CCC1CCCNC1)Nc1cc(F)cc(F)c1. The molecule has 1 aliphatic rings. The molecule has 1 fully saturated rings. The number of hydrogen-bond donors (Lipinski definition) is 2. The van der Waals surface area contributed by atoms with Gasteiger partial charge in [-0.25, -0.2) is 8.78 Å². The molecule has 0 bridgehead atoms. The third kappa shape index (κ3) is 4.59. The molecule has 3 nitrogen and oxygen atoms in total. The van der Waals surface area contributed by atoms with E-state index in [1.807, 2.05) is 0 Å². The molecule has 1 atom stereocenters. The lowest BCUT2D eigenvalue weighted by atomic mass is 9.94. The maximum absolute atomic E-state index is 13.0. The Labute approximate surface area is 111 Å². The van der Waals surface area contributed by atoms with Crippen molar-refractivity contribution in [1.29, 1.82) is 0 Å². The number of nitrogens with one attached hydrogen (secondary N) is 2. The van der Waals surface area contributed by atoms with Gasteiger partial charge in [0.1, 0.15) is 11.6 Å². The normalized spacial score (nSPS) is 19.2. The number of rotatable bonds is 4. The molecule has 19 heavy (non-hydrogen) atoms. The first-order chi connectivity index (χ1) is 9.13. The summed E-state index contributed by atoms with van der Waals surface area (Å²) in [5, 5.41) is 5.82. The van der Waals surface area contributed by atoms with Gasteiger partial charge < -0.3 is 10.6 Å². The van der Waals surface area contributed by atoms with E-state index in [-0.39, 0.29) is 11.6 Å². The fourth-order valence-corrected chi connectivity index (χ4v) is 2.36. The lowest BCUT2D eigenvalue weighted by Crippen LogP contribution is -2.30. The largest absolute Gasteiger partial charge is 0.326 e. The van der Waals surface area contributed by atoms with Gasteiger partial charge in [0.25, 0.3) is 0 Å². The Kier molecular flexibility index (Phi) is 4.85. The van der Waals surface area contributed by atoms with Gasteiger partial charge in [-0.3, -0.25) is 4.79 Å². The molecule has 0 aliphatic carbocycles. The summed E-state index contributed by atoms with van der Waals surface area (Å²) < 4.78 is 25.9. The van der Waals surface area contributed by atoms with Crippen LogP contribution in [0, 0.1) is 17.6 Å². The maximum Gasteiger partial charge on any atom is 0.224 e. The molecule has 1 saturated heterocycles. The monoisotopic (exact) mass is 268 g/mol. The Morgan fingerprint density at radius 3 is 2.68 bits per heavy atom. The number of carbonyl (C=O) groups excluding carboxylic acids is 1. The zero-order valence-electron chi connectivity index (χ0n) is 10.7. The highest BCUT2D eigenvalue weighted by Gasteiger charge is 2.14. The van der Waals surface area contributed by atoms with Gasteiger partial charge in [-0.2, -0.15) is 0 Å². The van der Waals surface area contributed by atoms with Crippen LogP contribution in [0.2, 0.25) is 0 Å². The fourth-order valence-electron chi connectivity index (χ4n) is 2.36. The Morgan fingerprint density at radius 1 is 1.32 bits per heavy atom. The molecule has 0 spiro atoms. The van der Waals surface area contributed by atoms with Crippen molar-refractivity contribution in [2.75, 3.05) is 18.4 Å². The van der Waals surface area contributed by atoms with Crippen LogP contribution in [0.1, 0.15) is 25.7 Å². The Balaban J connectivity index is 1.80. The smallest absolute Gasteiger partial charge is 0.224 e. The van der Waals surface area contributed by atoms with Gasteiger partial charge in [-0.05, 0) is 50.4 Å².